The Balaban J connectivity index is 1.44. The summed E-state index contributed by atoms with van der Waals surface area (Å²) in [7, 11) is 1.45. The molecule has 0 atom stereocenters. The number of hydrogen-bond donors (Lipinski definition) is 3. The Hall–Kier alpha value is -2.29. The Morgan fingerprint density at radius 3 is 2.75 bits per heavy atom. The molecule has 3 rings (SSSR count). The maximum Gasteiger partial charge on any atom is 0.327 e. The molecule has 0 radical (unpaired) electrons. The van der Waals surface area contributed by atoms with Crippen LogP contribution in [0, 0.1) is 5.92 Å². The molecule has 1 saturated heterocycles. The SMILES string of the molecule is COC(=O)C1CCN(CCCCn2c(=O)[nH]c3c(N)n[nH]c32)CC1. The van der Waals surface area contributed by atoms with E-state index in [9.17, 15) is 9.59 Å². The summed E-state index contributed by atoms with van der Waals surface area (Å²) in [6.45, 7) is 3.44. The number of nitrogen functional groups attached to an aromatic ring is 1. The maximum absolute atomic E-state index is 11.9. The van der Waals surface area contributed by atoms with Gasteiger partial charge in [0.25, 0.3) is 0 Å². The molecule has 2 aromatic rings. The van der Waals surface area contributed by atoms with E-state index in [-0.39, 0.29) is 17.6 Å². The molecular weight excluding hydrogens is 312 g/mol. The van der Waals surface area contributed by atoms with Gasteiger partial charge in [-0.25, -0.2) is 4.79 Å². The topological polar surface area (TPSA) is 122 Å². The van der Waals surface area contributed by atoms with Crippen LogP contribution >= 0.6 is 0 Å². The number of carbonyl (C=O) groups is 1. The molecular formula is C15H24N6O3. The number of fused-ring (bicyclic) bond motifs is 1. The highest BCUT2D eigenvalue weighted by Crippen LogP contribution is 2.19. The molecule has 4 N–H and O–H groups in total. The van der Waals surface area contributed by atoms with Crippen LogP contribution in [0.15, 0.2) is 4.79 Å². The Morgan fingerprint density at radius 2 is 2.04 bits per heavy atom. The number of nitrogens with one attached hydrogen (secondary N) is 2. The molecule has 9 heteroatoms. The number of methoxy groups -OCH3 is 1. The zero-order valence-corrected chi connectivity index (χ0v) is 13.9. The number of aromatic nitrogens is 4. The average molecular weight is 336 g/mol. The first kappa shape index (κ1) is 16.6. The number of nitrogens with zero attached hydrogens (tertiary/aromatic N) is 3. The fraction of sp³-hybridized carbons (Fsp3) is 0.667. The van der Waals surface area contributed by atoms with Crippen LogP contribution in [0.25, 0.3) is 11.2 Å². The minimum absolute atomic E-state index is 0.0452. The summed E-state index contributed by atoms with van der Waals surface area (Å²) >= 11 is 0. The van der Waals surface area contributed by atoms with E-state index in [0.29, 0.717) is 23.5 Å². The molecule has 1 aliphatic heterocycles. The molecule has 0 unspecified atom stereocenters. The highest BCUT2D eigenvalue weighted by molar-refractivity contribution is 5.81. The van der Waals surface area contributed by atoms with Gasteiger partial charge in [0.05, 0.1) is 13.0 Å². The third kappa shape index (κ3) is 3.30. The summed E-state index contributed by atoms with van der Waals surface area (Å²) in [5.41, 5.74) is 6.75. The van der Waals surface area contributed by atoms with Gasteiger partial charge in [0.15, 0.2) is 11.5 Å². The van der Waals surface area contributed by atoms with Gasteiger partial charge in [-0.1, -0.05) is 0 Å². The normalized spacial score (nSPS) is 16.7. The first-order valence-electron chi connectivity index (χ1n) is 8.32. The van der Waals surface area contributed by atoms with Gasteiger partial charge < -0.3 is 20.4 Å². The van der Waals surface area contributed by atoms with Gasteiger partial charge in [-0.15, -0.1) is 0 Å². The van der Waals surface area contributed by atoms with E-state index >= 15 is 0 Å². The van der Waals surface area contributed by atoms with Crippen LogP contribution in [0.1, 0.15) is 25.7 Å². The second-order valence-electron chi connectivity index (χ2n) is 6.26. The van der Waals surface area contributed by atoms with Gasteiger partial charge in [0, 0.05) is 6.54 Å². The molecule has 0 bridgehead atoms. The fourth-order valence-electron chi connectivity index (χ4n) is 3.32. The largest absolute Gasteiger partial charge is 0.469 e. The van der Waals surface area contributed by atoms with Gasteiger partial charge >= 0.3 is 11.7 Å². The number of hydrogen-bond acceptors (Lipinski definition) is 6. The zero-order valence-electron chi connectivity index (χ0n) is 13.9. The first-order chi connectivity index (χ1) is 11.6. The number of ether oxygens (including phenoxy) is 1. The van der Waals surface area contributed by atoms with Crippen LogP contribution in [0.5, 0.6) is 0 Å². The fourth-order valence-corrected chi connectivity index (χ4v) is 3.32. The lowest BCUT2D eigenvalue weighted by atomic mass is 9.97. The van der Waals surface area contributed by atoms with Crippen molar-refractivity contribution >= 4 is 23.0 Å². The van der Waals surface area contributed by atoms with Gasteiger partial charge in [-0.2, -0.15) is 5.10 Å². The highest BCUT2D eigenvalue weighted by atomic mass is 16.5. The van der Waals surface area contributed by atoms with Crippen LogP contribution in [-0.2, 0) is 16.1 Å². The molecule has 9 nitrogen and oxygen atoms in total. The van der Waals surface area contributed by atoms with Crippen molar-refractivity contribution in [3.05, 3.63) is 10.5 Å². The third-order valence-electron chi connectivity index (χ3n) is 4.75. The summed E-state index contributed by atoms with van der Waals surface area (Å²) in [6.07, 6.45) is 3.60. The number of aryl methyl sites for hydroxylation is 1. The Morgan fingerprint density at radius 1 is 1.33 bits per heavy atom. The number of imidazole rings is 1. The van der Waals surface area contributed by atoms with E-state index in [1.807, 2.05) is 0 Å². The van der Waals surface area contributed by atoms with Gasteiger partial charge in [0.2, 0.25) is 0 Å². The highest BCUT2D eigenvalue weighted by Gasteiger charge is 2.25. The van der Waals surface area contributed by atoms with E-state index in [4.69, 9.17) is 10.5 Å². The van der Waals surface area contributed by atoms with Crippen molar-refractivity contribution < 1.29 is 9.53 Å². The number of piperidine rings is 1. The lowest BCUT2D eigenvalue weighted by Crippen LogP contribution is -2.37. The number of likely N-dealkylation sites (tertiary alicyclic amines) is 1. The molecule has 0 aliphatic carbocycles. The van der Waals surface area contributed by atoms with E-state index in [1.54, 1.807) is 4.57 Å². The Labute approximate surface area is 139 Å². The van der Waals surface area contributed by atoms with Crippen molar-refractivity contribution in [1.29, 1.82) is 0 Å². The van der Waals surface area contributed by atoms with E-state index < -0.39 is 0 Å². The predicted octanol–water partition coefficient (Wildman–Crippen LogP) is 0.300. The van der Waals surface area contributed by atoms with E-state index in [2.05, 4.69) is 20.1 Å². The summed E-state index contributed by atoms with van der Waals surface area (Å²) in [4.78, 5) is 28.5. The monoisotopic (exact) mass is 336 g/mol. The minimum atomic E-state index is -0.163. The van der Waals surface area contributed by atoms with Crippen molar-refractivity contribution in [2.75, 3.05) is 32.5 Å². The average Bonchev–Trinajstić information content (AvgIpc) is 3.10. The third-order valence-corrected chi connectivity index (χ3v) is 4.75. The molecule has 24 heavy (non-hydrogen) atoms. The molecule has 0 amide bonds. The lowest BCUT2D eigenvalue weighted by molar-refractivity contribution is -0.147. The van der Waals surface area contributed by atoms with Gasteiger partial charge in [-0.05, 0) is 45.3 Å². The summed E-state index contributed by atoms with van der Waals surface area (Å²) < 4.78 is 6.44. The number of carbonyl (C=O) groups excluding carboxylic acids is 1. The van der Waals surface area contributed by atoms with Crippen molar-refractivity contribution in [3.63, 3.8) is 0 Å². The van der Waals surface area contributed by atoms with Crippen molar-refractivity contribution in [2.45, 2.75) is 32.2 Å². The number of aromatic amines is 2. The molecule has 2 aromatic heterocycles. The standard InChI is InChI=1S/C15H24N6O3/c1-24-14(22)10-4-8-20(9-5-10)6-2-3-7-21-13-11(17-15(21)23)12(16)18-19-13/h10H,2-9H2,1H3,(H,17,23)(H3,16,18,19). The molecule has 0 saturated carbocycles. The second kappa shape index (κ2) is 7.08. The first-order valence-corrected chi connectivity index (χ1v) is 8.32. The molecule has 0 spiro atoms. The van der Waals surface area contributed by atoms with E-state index in [0.717, 1.165) is 45.3 Å². The summed E-state index contributed by atoms with van der Waals surface area (Å²) in [6, 6.07) is 0. The number of anilines is 1. The van der Waals surface area contributed by atoms with Crippen LogP contribution in [-0.4, -0.2) is 57.4 Å². The van der Waals surface area contributed by atoms with Gasteiger partial charge in [-0.3, -0.25) is 14.5 Å². The summed E-state index contributed by atoms with van der Waals surface area (Å²) in [5, 5.41) is 6.69. The Bertz CT molecular complexity index is 753. The molecule has 0 aromatic carbocycles. The lowest BCUT2D eigenvalue weighted by Gasteiger charge is -2.30. The number of rotatable bonds is 6. The number of H-pyrrole nitrogens is 2. The zero-order chi connectivity index (χ0) is 17.1. The summed E-state index contributed by atoms with van der Waals surface area (Å²) in [5.74, 6) is 0.266. The quantitative estimate of drug-likeness (QED) is 0.515. The minimum Gasteiger partial charge on any atom is -0.469 e. The second-order valence-corrected chi connectivity index (χ2v) is 6.26. The smallest absolute Gasteiger partial charge is 0.327 e. The van der Waals surface area contributed by atoms with Crippen molar-refractivity contribution in [2.24, 2.45) is 5.92 Å². The van der Waals surface area contributed by atoms with Gasteiger partial charge in [0.1, 0.15) is 5.52 Å². The molecule has 1 fully saturated rings. The maximum atomic E-state index is 11.9. The number of nitrogens with two attached hydrogens (primary N) is 1. The number of esters is 1. The molecule has 1 aliphatic rings. The van der Waals surface area contributed by atoms with Crippen LogP contribution in [0.3, 0.4) is 0 Å². The molecule has 132 valence electrons. The van der Waals surface area contributed by atoms with Crippen LogP contribution in [0.4, 0.5) is 5.82 Å². The predicted molar refractivity (Wildman–Crippen MR) is 89.5 cm³/mol. The Kier molecular flexibility index (Phi) is 4.89. The van der Waals surface area contributed by atoms with E-state index in [1.165, 1.54) is 7.11 Å². The van der Waals surface area contributed by atoms with Crippen LogP contribution < -0.4 is 11.4 Å². The van der Waals surface area contributed by atoms with Crippen LogP contribution in [0.2, 0.25) is 0 Å². The molecule has 3 heterocycles. The van der Waals surface area contributed by atoms with Crippen molar-refractivity contribution in [3.8, 4) is 0 Å². The number of unbranched alkanes of at least 4 members (excludes halogenated alkanes) is 1. The van der Waals surface area contributed by atoms with Crippen molar-refractivity contribution in [1.82, 2.24) is 24.6 Å².